The molecule has 0 aliphatic carbocycles. The maximum atomic E-state index is 10.4. The molecule has 1 aliphatic heterocycles. The van der Waals surface area contributed by atoms with Crippen molar-refractivity contribution in [1.82, 2.24) is 14.9 Å². The Bertz CT molecular complexity index is 896. The fraction of sp³-hybridized carbons (Fsp3) is 0.368. The molecule has 8 heteroatoms. The molecule has 2 N–H and O–H groups in total. The van der Waals surface area contributed by atoms with Gasteiger partial charge in [-0.15, -0.1) is 11.3 Å². The third-order valence-corrected chi connectivity index (χ3v) is 6.23. The minimum atomic E-state index is -0.459. The number of nitrogens with zero attached hydrogens (tertiary/aromatic N) is 3. The van der Waals surface area contributed by atoms with E-state index in [1.807, 2.05) is 12.1 Å². The van der Waals surface area contributed by atoms with Gasteiger partial charge in [0.2, 0.25) is 0 Å². The van der Waals surface area contributed by atoms with Gasteiger partial charge in [-0.1, -0.05) is 28.1 Å². The number of hydrogen-bond acceptors (Lipinski definition) is 7. The first-order chi connectivity index (χ1) is 13.2. The third kappa shape index (κ3) is 4.64. The van der Waals surface area contributed by atoms with Gasteiger partial charge in [0.25, 0.3) is 0 Å². The average Bonchev–Trinajstić information content (AvgIpc) is 3.12. The second kappa shape index (κ2) is 8.62. The Morgan fingerprint density at radius 1 is 1.22 bits per heavy atom. The van der Waals surface area contributed by atoms with Crippen LogP contribution in [0, 0.1) is 0 Å². The normalized spacial score (nSPS) is 16.5. The van der Waals surface area contributed by atoms with Gasteiger partial charge in [-0.2, -0.15) is 0 Å². The first-order valence-corrected chi connectivity index (χ1v) is 10.5. The van der Waals surface area contributed by atoms with Gasteiger partial charge in [0, 0.05) is 35.5 Å². The molecular weight excluding hydrogens is 428 g/mol. The standard InChI is InChI=1S/C19H21BrN4O2S/c20-14-3-1-13(2-4-14)17-9-16-18(27-17)19(23-12-22-16)21-10-15(25)11-24-5-7-26-8-6-24/h1-4,9,12,15,25H,5-8,10-11H2,(H,21,22,23)/t15-/m1/s1. The molecule has 4 rings (SSSR count). The van der Waals surface area contributed by atoms with Crippen molar-refractivity contribution in [2.24, 2.45) is 0 Å². The van der Waals surface area contributed by atoms with Crippen molar-refractivity contribution in [2.45, 2.75) is 6.10 Å². The molecule has 1 saturated heterocycles. The lowest BCUT2D eigenvalue weighted by Gasteiger charge is -2.28. The van der Waals surface area contributed by atoms with Crippen LogP contribution in [0.3, 0.4) is 0 Å². The number of ether oxygens (including phenoxy) is 1. The molecule has 3 aromatic rings. The molecule has 27 heavy (non-hydrogen) atoms. The van der Waals surface area contributed by atoms with E-state index < -0.39 is 6.10 Å². The van der Waals surface area contributed by atoms with E-state index in [1.165, 1.54) is 0 Å². The first kappa shape index (κ1) is 18.8. The molecule has 0 saturated carbocycles. The van der Waals surface area contributed by atoms with Gasteiger partial charge >= 0.3 is 0 Å². The predicted octanol–water partition coefficient (Wildman–Crippen LogP) is 3.23. The monoisotopic (exact) mass is 448 g/mol. The van der Waals surface area contributed by atoms with E-state index in [2.05, 4.69) is 54.3 Å². The van der Waals surface area contributed by atoms with Crippen LogP contribution in [0.2, 0.25) is 0 Å². The predicted molar refractivity (Wildman–Crippen MR) is 112 cm³/mol. The number of β-amino-alcohol motifs (C(OH)–C–C–N with tert-alkyl or cyclic N) is 1. The summed E-state index contributed by atoms with van der Waals surface area (Å²) >= 11 is 5.13. The molecule has 3 heterocycles. The number of halogens is 1. The maximum Gasteiger partial charge on any atom is 0.147 e. The Hall–Kier alpha value is -1.58. The summed E-state index contributed by atoms with van der Waals surface area (Å²) in [5.74, 6) is 0.773. The Balaban J connectivity index is 1.46. The molecule has 1 aliphatic rings. The highest BCUT2D eigenvalue weighted by Crippen LogP contribution is 2.35. The van der Waals surface area contributed by atoms with Crippen molar-refractivity contribution in [2.75, 3.05) is 44.7 Å². The summed E-state index contributed by atoms with van der Waals surface area (Å²) < 4.78 is 7.41. The van der Waals surface area contributed by atoms with Crippen molar-refractivity contribution in [3.05, 3.63) is 41.1 Å². The number of rotatable bonds is 6. The molecule has 1 aromatic carbocycles. The fourth-order valence-electron chi connectivity index (χ4n) is 3.10. The highest BCUT2D eigenvalue weighted by atomic mass is 79.9. The van der Waals surface area contributed by atoms with Gasteiger partial charge in [0.05, 0.1) is 29.5 Å². The van der Waals surface area contributed by atoms with Crippen molar-refractivity contribution >= 4 is 43.3 Å². The topological polar surface area (TPSA) is 70.5 Å². The zero-order valence-corrected chi connectivity index (χ0v) is 17.2. The SMILES string of the molecule is O[C@H](CNc1ncnc2cc(-c3ccc(Br)cc3)sc12)CN1CCOCC1. The van der Waals surface area contributed by atoms with Crippen LogP contribution in [0.4, 0.5) is 5.82 Å². The summed E-state index contributed by atoms with van der Waals surface area (Å²) in [7, 11) is 0. The van der Waals surface area contributed by atoms with Crippen molar-refractivity contribution in [1.29, 1.82) is 0 Å². The van der Waals surface area contributed by atoms with Gasteiger partial charge in [0.15, 0.2) is 0 Å². The molecule has 2 aromatic heterocycles. The molecule has 142 valence electrons. The summed E-state index contributed by atoms with van der Waals surface area (Å²) in [5, 5.41) is 13.6. The van der Waals surface area contributed by atoms with Crippen LogP contribution in [0.25, 0.3) is 20.7 Å². The number of aliphatic hydroxyl groups excluding tert-OH is 1. The molecule has 0 spiro atoms. The van der Waals surface area contributed by atoms with E-state index in [0.717, 1.165) is 57.3 Å². The van der Waals surface area contributed by atoms with Gasteiger partial charge < -0.3 is 15.2 Å². The number of anilines is 1. The van der Waals surface area contributed by atoms with Crippen LogP contribution in [-0.2, 0) is 4.74 Å². The minimum absolute atomic E-state index is 0.453. The number of aromatic nitrogens is 2. The number of thiophene rings is 1. The van der Waals surface area contributed by atoms with Crippen LogP contribution >= 0.6 is 27.3 Å². The molecule has 0 bridgehead atoms. The number of hydrogen-bond donors (Lipinski definition) is 2. The summed E-state index contributed by atoms with van der Waals surface area (Å²) in [6.07, 6.45) is 1.11. The highest BCUT2D eigenvalue weighted by Gasteiger charge is 2.16. The first-order valence-electron chi connectivity index (χ1n) is 8.91. The zero-order chi connectivity index (χ0) is 18.6. The molecule has 6 nitrogen and oxygen atoms in total. The second-order valence-corrected chi connectivity index (χ2v) is 8.47. The van der Waals surface area contributed by atoms with Crippen LogP contribution in [0.5, 0.6) is 0 Å². The van der Waals surface area contributed by atoms with E-state index in [-0.39, 0.29) is 0 Å². The summed E-state index contributed by atoms with van der Waals surface area (Å²) in [5.41, 5.74) is 2.07. The summed E-state index contributed by atoms with van der Waals surface area (Å²) in [6, 6.07) is 10.3. The molecule has 1 fully saturated rings. The Morgan fingerprint density at radius 3 is 2.78 bits per heavy atom. The van der Waals surface area contributed by atoms with Gasteiger partial charge in [-0.05, 0) is 23.8 Å². The van der Waals surface area contributed by atoms with Crippen LogP contribution in [-0.4, -0.2) is 65.5 Å². The molecule has 0 unspecified atom stereocenters. The zero-order valence-electron chi connectivity index (χ0n) is 14.8. The van der Waals surface area contributed by atoms with Gasteiger partial charge in [-0.25, -0.2) is 9.97 Å². The lowest BCUT2D eigenvalue weighted by atomic mass is 10.2. The Kier molecular flexibility index (Phi) is 5.99. The fourth-order valence-corrected chi connectivity index (χ4v) is 4.44. The molecule has 0 radical (unpaired) electrons. The smallest absolute Gasteiger partial charge is 0.147 e. The number of nitrogens with one attached hydrogen (secondary N) is 1. The van der Waals surface area contributed by atoms with E-state index in [4.69, 9.17) is 4.74 Å². The lowest BCUT2D eigenvalue weighted by Crippen LogP contribution is -2.42. The number of benzene rings is 1. The Labute approximate surface area is 170 Å². The maximum absolute atomic E-state index is 10.4. The highest BCUT2D eigenvalue weighted by molar-refractivity contribution is 9.10. The molecule has 0 amide bonds. The third-order valence-electron chi connectivity index (χ3n) is 4.52. The number of aliphatic hydroxyl groups is 1. The van der Waals surface area contributed by atoms with Gasteiger partial charge in [0.1, 0.15) is 12.1 Å². The van der Waals surface area contributed by atoms with E-state index >= 15 is 0 Å². The van der Waals surface area contributed by atoms with Crippen LogP contribution < -0.4 is 5.32 Å². The Morgan fingerprint density at radius 2 is 2.00 bits per heavy atom. The number of morpholine rings is 1. The minimum Gasteiger partial charge on any atom is -0.390 e. The lowest BCUT2D eigenvalue weighted by molar-refractivity contribution is 0.0171. The quantitative estimate of drug-likeness (QED) is 0.603. The average molecular weight is 449 g/mol. The largest absolute Gasteiger partial charge is 0.390 e. The van der Waals surface area contributed by atoms with Gasteiger partial charge in [-0.3, -0.25) is 4.90 Å². The van der Waals surface area contributed by atoms with E-state index in [0.29, 0.717) is 13.1 Å². The summed E-state index contributed by atoms with van der Waals surface area (Å²) in [6.45, 7) is 4.31. The van der Waals surface area contributed by atoms with E-state index in [9.17, 15) is 5.11 Å². The van der Waals surface area contributed by atoms with E-state index in [1.54, 1.807) is 17.7 Å². The van der Waals surface area contributed by atoms with Crippen molar-refractivity contribution < 1.29 is 9.84 Å². The molecule has 1 atom stereocenters. The van der Waals surface area contributed by atoms with Crippen molar-refractivity contribution in [3.63, 3.8) is 0 Å². The molecular formula is C19H21BrN4O2S. The van der Waals surface area contributed by atoms with Crippen molar-refractivity contribution in [3.8, 4) is 10.4 Å². The van der Waals surface area contributed by atoms with Crippen LogP contribution in [0.15, 0.2) is 41.1 Å². The van der Waals surface area contributed by atoms with Crippen LogP contribution in [0.1, 0.15) is 0 Å². The number of fused-ring (bicyclic) bond motifs is 1. The second-order valence-electron chi connectivity index (χ2n) is 6.50. The summed E-state index contributed by atoms with van der Waals surface area (Å²) in [4.78, 5) is 12.1.